The van der Waals surface area contributed by atoms with E-state index in [4.69, 9.17) is 9.47 Å². The van der Waals surface area contributed by atoms with Crippen molar-refractivity contribution in [1.82, 2.24) is 10.9 Å². The number of ether oxygens (including phenoxy) is 2. The molecule has 2 amide bonds. The van der Waals surface area contributed by atoms with Crippen LogP contribution in [0.3, 0.4) is 0 Å². The second kappa shape index (κ2) is 7.84. The van der Waals surface area contributed by atoms with Crippen LogP contribution < -0.4 is 20.3 Å². The van der Waals surface area contributed by atoms with Crippen molar-refractivity contribution in [3.8, 4) is 11.5 Å². The lowest BCUT2D eigenvalue weighted by atomic mass is 10.1. The number of nitrogens with one attached hydrogen (secondary N) is 2. The van der Waals surface area contributed by atoms with Crippen molar-refractivity contribution >= 4 is 11.8 Å². The summed E-state index contributed by atoms with van der Waals surface area (Å²) in [5.74, 6) is 0.121. The molecular weight excluding hydrogens is 296 g/mol. The molecule has 0 bridgehead atoms. The number of carbonyl (C=O) groups excluding carboxylic acids is 2. The Hall–Kier alpha value is -3.02. The summed E-state index contributed by atoms with van der Waals surface area (Å²) in [5.41, 5.74) is 6.07. The van der Waals surface area contributed by atoms with Crippen LogP contribution in [0.25, 0.3) is 0 Å². The predicted octanol–water partition coefficient (Wildman–Crippen LogP) is 1.84. The summed E-state index contributed by atoms with van der Waals surface area (Å²) >= 11 is 0. The average Bonchev–Trinajstić information content (AvgIpc) is 2.58. The molecule has 2 aromatic carbocycles. The SMILES string of the molecule is COc1ccccc1OCC(=O)NNC(=O)c1cccc(C)c1. The first-order valence-corrected chi connectivity index (χ1v) is 7.02. The minimum absolute atomic E-state index is 0.242. The van der Waals surface area contributed by atoms with E-state index < -0.39 is 5.91 Å². The molecule has 0 radical (unpaired) electrons. The molecule has 0 saturated heterocycles. The maximum Gasteiger partial charge on any atom is 0.276 e. The fourth-order valence-corrected chi connectivity index (χ4v) is 1.90. The summed E-state index contributed by atoms with van der Waals surface area (Å²) in [4.78, 5) is 23.6. The molecule has 0 aliphatic heterocycles. The molecule has 120 valence electrons. The minimum Gasteiger partial charge on any atom is -0.493 e. The molecule has 0 heterocycles. The number of hydrogen-bond acceptors (Lipinski definition) is 4. The summed E-state index contributed by atoms with van der Waals surface area (Å²) in [6, 6.07) is 14.0. The second-order valence-corrected chi connectivity index (χ2v) is 4.81. The van der Waals surface area contributed by atoms with Crippen LogP contribution in [-0.2, 0) is 4.79 Å². The van der Waals surface area contributed by atoms with E-state index in [9.17, 15) is 9.59 Å². The smallest absolute Gasteiger partial charge is 0.276 e. The maximum atomic E-state index is 11.9. The Bertz CT molecular complexity index is 700. The van der Waals surface area contributed by atoms with Gasteiger partial charge in [0.2, 0.25) is 0 Å². The van der Waals surface area contributed by atoms with Crippen LogP contribution in [-0.4, -0.2) is 25.5 Å². The Morgan fingerprint density at radius 3 is 2.43 bits per heavy atom. The third kappa shape index (κ3) is 4.74. The van der Waals surface area contributed by atoms with Gasteiger partial charge in [0.15, 0.2) is 18.1 Å². The van der Waals surface area contributed by atoms with Crippen molar-refractivity contribution < 1.29 is 19.1 Å². The van der Waals surface area contributed by atoms with Crippen LogP contribution in [0.1, 0.15) is 15.9 Å². The first-order chi connectivity index (χ1) is 11.1. The fraction of sp³-hybridized carbons (Fsp3) is 0.176. The normalized spacial score (nSPS) is 9.83. The molecule has 0 aromatic heterocycles. The van der Waals surface area contributed by atoms with Gasteiger partial charge < -0.3 is 9.47 Å². The van der Waals surface area contributed by atoms with E-state index in [1.54, 1.807) is 42.5 Å². The third-order valence-corrected chi connectivity index (χ3v) is 3.02. The second-order valence-electron chi connectivity index (χ2n) is 4.81. The molecule has 0 spiro atoms. The summed E-state index contributed by atoms with van der Waals surface area (Å²) < 4.78 is 10.5. The molecular formula is C17H18N2O4. The van der Waals surface area contributed by atoms with Crippen molar-refractivity contribution in [1.29, 1.82) is 0 Å². The van der Waals surface area contributed by atoms with Gasteiger partial charge in [-0.25, -0.2) is 0 Å². The summed E-state index contributed by atoms with van der Waals surface area (Å²) in [6.07, 6.45) is 0. The van der Waals surface area contributed by atoms with Crippen molar-refractivity contribution in [2.24, 2.45) is 0 Å². The number of hydrogen-bond donors (Lipinski definition) is 2. The standard InChI is InChI=1S/C17H18N2O4/c1-12-6-5-7-13(10-12)17(21)19-18-16(20)11-23-15-9-4-3-8-14(15)22-2/h3-10H,11H2,1-2H3,(H,18,20)(H,19,21). The highest BCUT2D eigenvalue weighted by Gasteiger charge is 2.09. The highest BCUT2D eigenvalue weighted by atomic mass is 16.5. The number of methoxy groups -OCH3 is 1. The lowest BCUT2D eigenvalue weighted by molar-refractivity contribution is -0.123. The van der Waals surface area contributed by atoms with Crippen LogP contribution in [0.4, 0.5) is 0 Å². The van der Waals surface area contributed by atoms with E-state index in [1.807, 2.05) is 13.0 Å². The minimum atomic E-state index is -0.475. The zero-order valence-corrected chi connectivity index (χ0v) is 13.0. The molecule has 6 nitrogen and oxygen atoms in total. The fourth-order valence-electron chi connectivity index (χ4n) is 1.90. The average molecular weight is 314 g/mol. The third-order valence-electron chi connectivity index (χ3n) is 3.02. The lowest BCUT2D eigenvalue weighted by Crippen LogP contribution is -2.43. The van der Waals surface area contributed by atoms with Crippen molar-refractivity contribution in [3.63, 3.8) is 0 Å². The Labute approximate surface area is 134 Å². The maximum absolute atomic E-state index is 11.9. The molecule has 0 saturated carbocycles. The van der Waals surface area contributed by atoms with Crippen LogP contribution in [0.15, 0.2) is 48.5 Å². The number of benzene rings is 2. The quantitative estimate of drug-likeness (QED) is 0.826. The Morgan fingerprint density at radius 1 is 1.00 bits per heavy atom. The van der Waals surface area contributed by atoms with Gasteiger partial charge in [0, 0.05) is 5.56 Å². The number of hydrazine groups is 1. The topological polar surface area (TPSA) is 76.7 Å². The van der Waals surface area contributed by atoms with Gasteiger partial charge in [-0.2, -0.15) is 0 Å². The van der Waals surface area contributed by atoms with Gasteiger partial charge in [0.25, 0.3) is 11.8 Å². The Morgan fingerprint density at radius 2 is 1.74 bits per heavy atom. The molecule has 2 aromatic rings. The molecule has 0 unspecified atom stereocenters. The molecule has 6 heteroatoms. The van der Waals surface area contributed by atoms with Gasteiger partial charge in [-0.3, -0.25) is 20.4 Å². The van der Waals surface area contributed by atoms with Gasteiger partial charge in [0.05, 0.1) is 7.11 Å². The summed E-state index contributed by atoms with van der Waals surface area (Å²) in [5, 5.41) is 0. The van der Waals surface area contributed by atoms with E-state index in [2.05, 4.69) is 10.9 Å². The monoisotopic (exact) mass is 314 g/mol. The highest BCUT2D eigenvalue weighted by molar-refractivity contribution is 5.95. The number of amides is 2. The molecule has 2 rings (SSSR count). The molecule has 0 aliphatic rings. The molecule has 23 heavy (non-hydrogen) atoms. The number of para-hydroxylation sites is 2. The van der Waals surface area contributed by atoms with E-state index in [0.717, 1.165) is 5.56 Å². The Kier molecular flexibility index (Phi) is 5.57. The van der Waals surface area contributed by atoms with Gasteiger partial charge in [0.1, 0.15) is 0 Å². The zero-order chi connectivity index (χ0) is 16.7. The number of carbonyl (C=O) groups is 2. The van der Waals surface area contributed by atoms with Crippen molar-refractivity contribution in [2.75, 3.05) is 13.7 Å². The molecule has 2 N–H and O–H groups in total. The first kappa shape index (κ1) is 16.4. The van der Waals surface area contributed by atoms with Gasteiger partial charge in [-0.15, -0.1) is 0 Å². The molecule has 0 fully saturated rings. The van der Waals surface area contributed by atoms with Crippen LogP contribution in [0.2, 0.25) is 0 Å². The van der Waals surface area contributed by atoms with E-state index in [1.165, 1.54) is 7.11 Å². The lowest BCUT2D eigenvalue weighted by Gasteiger charge is -2.11. The number of aryl methyl sites for hydroxylation is 1. The van der Waals surface area contributed by atoms with Crippen molar-refractivity contribution in [3.05, 3.63) is 59.7 Å². The van der Waals surface area contributed by atoms with E-state index in [0.29, 0.717) is 17.1 Å². The summed E-state index contributed by atoms with van der Waals surface area (Å²) in [7, 11) is 1.52. The first-order valence-electron chi connectivity index (χ1n) is 7.02. The Balaban J connectivity index is 1.82. The number of rotatable bonds is 5. The van der Waals surface area contributed by atoms with Gasteiger partial charge in [-0.1, -0.05) is 29.8 Å². The van der Waals surface area contributed by atoms with E-state index in [-0.39, 0.29) is 12.5 Å². The van der Waals surface area contributed by atoms with Crippen LogP contribution in [0, 0.1) is 6.92 Å². The zero-order valence-electron chi connectivity index (χ0n) is 13.0. The predicted molar refractivity (Wildman–Crippen MR) is 85.3 cm³/mol. The summed E-state index contributed by atoms with van der Waals surface area (Å²) in [6.45, 7) is 1.64. The van der Waals surface area contributed by atoms with Gasteiger partial charge >= 0.3 is 0 Å². The van der Waals surface area contributed by atoms with E-state index >= 15 is 0 Å². The molecule has 0 atom stereocenters. The van der Waals surface area contributed by atoms with Crippen LogP contribution >= 0.6 is 0 Å². The van der Waals surface area contributed by atoms with Crippen molar-refractivity contribution in [2.45, 2.75) is 6.92 Å². The molecule has 0 aliphatic carbocycles. The van der Waals surface area contributed by atoms with Crippen LogP contribution in [0.5, 0.6) is 11.5 Å². The largest absolute Gasteiger partial charge is 0.493 e. The highest BCUT2D eigenvalue weighted by Crippen LogP contribution is 2.25. The van der Waals surface area contributed by atoms with Gasteiger partial charge in [-0.05, 0) is 31.2 Å².